The van der Waals surface area contributed by atoms with Gasteiger partial charge in [-0.25, -0.2) is 9.37 Å². The Morgan fingerprint density at radius 1 is 0.913 bits per heavy atom. The molecule has 2 aromatic rings. The second-order valence-electron chi connectivity index (χ2n) is 4.64. The van der Waals surface area contributed by atoms with Gasteiger partial charge in [0.2, 0.25) is 12.6 Å². The number of pyridine rings is 2. The molecule has 0 aliphatic heterocycles. The molecule has 6 nitrogen and oxygen atoms in total. The molecule has 0 atom stereocenters. The van der Waals surface area contributed by atoms with Crippen molar-refractivity contribution < 1.29 is 23.3 Å². The zero-order chi connectivity index (χ0) is 16.8. The van der Waals surface area contributed by atoms with E-state index in [2.05, 4.69) is 9.97 Å². The van der Waals surface area contributed by atoms with Gasteiger partial charge in [-0.05, 0) is 24.3 Å². The first-order chi connectivity index (χ1) is 11.1. The lowest BCUT2D eigenvalue weighted by Crippen LogP contribution is -2.09. The second-order valence-corrected chi connectivity index (χ2v) is 4.64. The lowest BCUT2D eigenvalue weighted by Gasteiger charge is -2.15. The maximum atomic E-state index is 14.0. The van der Waals surface area contributed by atoms with Gasteiger partial charge in [-0.2, -0.15) is 0 Å². The minimum atomic E-state index is -0.873. The standard InChI is InChI=1S/C16H19FN2O4/c1-20-15(21-2)13-9-10(7-8-18-13)12-6-5-11(17)14(19-12)16(22-3)23-4/h5-9,15-16H,1-4H3. The van der Waals surface area contributed by atoms with E-state index in [9.17, 15) is 4.39 Å². The summed E-state index contributed by atoms with van der Waals surface area (Å²) in [5, 5.41) is 0. The largest absolute Gasteiger partial charge is 0.350 e. The van der Waals surface area contributed by atoms with Crippen LogP contribution in [-0.4, -0.2) is 38.4 Å². The number of nitrogens with zero attached hydrogens (tertiary/aromatic N) is 2. The second kappa shape index (κ2) is 8.07. The SMILES string of the molecule is COC(OC)c1cc(-c2ccc(F)c(C(OC)OC)n2)ccn1. The fourth-order valence-electron chi connectivity index (χ4n) is 2.18. The highest BCUT2D eigenvalue weighted by molar-refractivity contribution is 5.59. The number of halogens is 1. The molecule has 2 rings (SSSR count). The highest BCUT2D eigenvalue weighted by Gasteiger charge is 2.18. The maximum Gasteiger partial charge on any atom is 0.203 e. The number of methoxy groups -OCH3 is 4. The fourth-order valence-corrected chi connectivity index (χ4v) is 2.18. The van der Waals surface area contributed by atoms with Crippen LogP contribution >= 0.6 is 0 Å². The summed E-state index contributed by atoms with van der Waals surface area (Å²) in [6.45, 7) is 0. The molecule has 0 bridgehead atoms. The number of aromatic nitrogens is 2. The Hall–Kier alpha value is -1.93. The quantitative estimate of drug-likeness (QED) is 0.731. The lowest BCUT2D eigenvalue weighted by atomic mass is 10.1. The van der Waals surface area contributed by atoms with Crippen molar-refractivity contribution in [2.45, 2.75) is 12.6 Å². The molecule has 0 N–H and O–H groups in total. The molecular formula is C16H19FN2O4. The Morgan fingerprint density at radius 2 is 1.57 bits per heavy atom. The highest BCUT2D eigenvalue weighted by atomic mass is 19.1. The predicted octanol–water partition coefficient (Wildman–Crippen LogP) is 2.87. The van der Waals surface area contributed by atoms with Crippen molar-refractivity contribution in [3.8, 4) is 11.3 Å². The lowest BCUT2D eigenvalue weighted by molar-refractivity contribution is -0.110. The normalized spacial score (nSPS) is 11.4. The Labute approximate surface area is 134 Å². The van der Waals surface area contributed by atoms with E-state index in [1.165, 1.54) is 34.5 Å². The summed E-state index contributed by atoms with van der Waals surface area (Å²) in [4.78, 5) is 8.52. The first-order valence-corrected chi connectivity index (χ1v) is 6.88. The first-order valence-electron chi connectivity index (χ1n) is 6.88. The van der Waals surface area contributed by atoms with Gasteiger partial charge < -0.3 is 18.9 Å². The molecule has 0 aliphatic rings. The molecule has 124 valence electrons. The summed E-state index contributed by atoms with van der Waals surface area (Å²) in [6, 6.07) is 6.45. The number of rotatable bonds is 7. The minimum Gasteiger partial charge on any atom is -0.350 e. The first kappa shape index (κ1) is 17.4. The van der Waals surface area contributed by atoms with Gasteiger partial charge in [-0.1, -0.05) is 0 Å². The summed E-state index contributed by atoms with van der Waals surface area (Å²) >= 11 is 0. The van der Waals surface area contributed by atoms with Crippen LogP contribution in [-0.2, 0) is 18.9 Å². The minimum absolute atomic E-state index is 0.0842. The molecule has 7 heteroatoms. The maximum absolute atomic E-state index is 14.0. The number of hydrogen-bond donors (Lipinski definition) is 0. The molecule has 0 amide bonds. The Bertz CT molecular complexity index is 646. The van der Waals surface area contributed by atoms with Crippen LogP contribution in [0.5, 0.6) is 0 Å². The molecule has 0 aliphatic carbocycles. The summed E-state index contributed by atoms with van der Waals surface area (Å²) in [5.41, 5.74) is 1.99. The molecule has 2 aromatic heterocycles. The van der Waals surface area contributed by atoms with E-state index in [0.29, 0.717) is 11.4 Å². The van der Waals surface area contributed by atoms with Crippen LogP contribution in [0.15, 0.2) is 30.5 Å². The average Bonchev–Trinajstić information content (AvgIpc) is 2.59. The van der Waals surface area contributed by atoms with E-state index >= 15 is 0 Å². The third-order valence-electron chi connectivity index (χ3n) is 3.27. The molecule has 0 spiro atoms. The van der Waals surface area contributed by atoms with Crippen molar-refractivity contribution in [3.63, 3.8) is 0 Å². The summed E-state index contributed by atoms with van der Waals surface area (Å²) in [7, 11) is 5.90. The highest BCUT2D eigenvalue weighted by Crippen LogP contribution is 2.25. The third-order valence-corrected chi connectivity index (χ3v) is 3.27. The van der Waals surface area contributed by atoms with Crippen LogP contribution in [0.25, 0.3) is 11.3 Å². The molecule has 2 heterocycles. The Kier molecular flexibility index (Phi) is 6.12. The molecule has 0 saturated carbocycles. The van der Waals surface area contributed by atoms with Crippen molar-refractivity contribution >= 4 is 0 Å². The topological polar surface area (TPSA) is 62.7 Å². The van der Waals surface area contributed by atoms with Gasteiger partial charge in [0.05, 0.1) is 11.4 Å². The van der Waals surface area contributed by atoms with Crippen LogP contribution in [0.4, 0.5) is 4.39 Å². The van der Waals surface area contributed by atoms with Crippen LogP contribution in [0.3, 0.4) is 0 Å². The van der Waals surface area contributed by atoms with Gasteiger partial charge in [-0.15, -0.1) is 0 Å². The average molecular weight is 322 g/mol. The van der Waals surface area contributed by atoms with Crippen molar-refractivity contribution in [2.75, 3.05) is 28.4 Å². The van der Waals surface area contributed by atoms with Crippen LogP contribution in [0, 0.1) is 5.82 Å². The Balaban J connectivity index is 2.42. The van der Waals surface area contributed by atoms with Gasteiger partial charge in [-0.3, -0.25) is 4.98 Å². The van der Waals surface area contributed by atoms with E-state index in [1.807, 2.05) is 0 Å². The summed E-state index contributed by atoms with van der Waals surface area (Å²) < 4.78 is 34.5. The van der Waals surface area contributed by atoms with E-state index in [1.54, 1.807) is 24.4 Å². The van der Waals surface area contributed by atoms with E-state index < -0.39 is 18.4 Å². The molecule has 0 fully saturated rings. The molecule has 0 radical (unpaired) electrons. The van der Waals surface area contributed by atoms with E-state index in [-0.39, 0.29) is 5.69 Å². The number of hydrogen-bond acceptors (Lipinski definition) is 6. The van der Waals surface area contributed by atoms with Gasteiger partial charge >= 0.3 is 0 Å². The van der Waals surface area contributed by atoms with E-state index in [0.717, 1.165) is 5.56 Å². The van der Waals surface area contributed by atoms with Crippen LogP contribution in [0.2, 0.25) is 0 Å². The molecule has 0 unspecified atom stereocenters. The van der Waals surface area contributed by atoms with Crippen molar-refractivity contribution in [3.05, 3.63) is 47.7 Å². The van der Waals surface area contributed by atoms with Crippen molar-refractivity contribution in [2.24, 2.45) is 0 Å². The van der Waals surface area contributed by atoms with Crippen LogP contribution in [0.1, 0.15) is 24.0 Å². The molecule has 0 aromatic carbocycles. The Morgan fingerprint density at radius 3 is 2.17 bits per heavy atom. The van der Waals surface area contributed by atoms with Gasteiger partial charge in [0.1, 0.15) is 11.5 Å². The van der Waals surface area contributed by atoms with Crippen LogP contribution < -0.4 is 0 Å². The number of ether oxygens (including phenoxy) is 4. The monoisotopic (exact) mass is 322 g/mol. The van der Waals surface area contributed by atoms with Gasteiger partial charge in [0.25, 0.3) is 0 Å². The molecule has 0 saturated heterocycles. The molecular weight excluding hydrogens is 303 g/mol. The zero-order valence-corrected chi connectivity index (χ0v) is 13.4. The fraction of sp³-hybridized carbons (Fsp3) is 0.375. The zero-order valence-electron chi connectivity index (χ0n) is 13.4. The smallest absolute Gasteiger partial charge is 0.203 e. The van der Waals surface area contributed by atoms with Crippen molar-refractivity contribution in [1.82, 2.24) is 9.97 Å². The third kappa shape index (κ3) is 3.89. The summed E-state index contributed by atoms with van der Waals surface area (Å²) in [6.07, 6.45) is 0.160. The van der Waals surface area contributed by atoms with Gasteiger partial charge in [0, 0.05) is 40.2 Å². The molecule has 23 heavy (non-hydrogen) atoms. The predicted molar refractivity (Wildman–Crippen MR) is 80.9 cm³/mol. The van der Waals surface area contributed by atoms with Gasteiger partial charge in [0.15, 0.2) is 0 Å². The van der Waals surface area contributed by atoms with Crippen molar-refractivity contribution in [1.29, 1.82) is 0 Å². The van der Waals surface area contributed by atoms with E-state index in [4.69, 9.17) is 18.9 Å². The summed E-state index contributed by atoms with van der Waals surface area (Å²) in [5.74, 6) is -0.497.